The number of rotatable bonds is 6. The molecule has 0 spiro atoms. The number of carbonyl (C=O) groups is 2. The third kappa shape index (κ3) is 5.28. The van der Waals surface area contributed by atoms with Crippen LogP contribution in [0.15, 0.2) is 30.6 Å². The summed E-state index contributed by atoms with van der Waals surface area (Å²) in [5, 5.41) is 6.92. The molecule has 1 unspecified atom stereocenters. The van der Waals surface area contributed by atoms with Crippen LogP contribution in [0.4, 0.5) is 11.6 Å². The van der Waals surface area contributed by atoms with Crippen molar-refractivity contribution < 1.29 is 9.59 Å². The molecule has 9 heteroatoms. The fraction of sp³-hybridized carbons (Fsp3) is 0.500. The fourth-order valence-electron chi connectivity index (χ4n) is 4.51. The van der Waals surface area contributed by atoms with Crippen LogP contribution >= 0.6 is 11.6 Å². The summed E-state index contributed by atoms with van der Waals surface area (Å²) in [6, 6.07) is 7.92. The Bertz CT molecular complexity index is 1010. The van der Waals surface area contributed by atoms with Gasteiger partial charge in [-0.1, -0.05) is 37.6 Å². The molecule has 0 aliphatic carbocycles. The number of nitrogens with one attached hydrogen (secondary N) is 2. The van der Waals surface area contributed by atoms with Crippen LogP contribution in [-0.4, -0.2) is 64.9 Å². The summed E-state index contributed by atoms with van der Waals surface area (Å²) in [4.78, 5) is 38.3. The van der Waals surface area contributed by atoms with Crippen molar-refractivity contribution >= 4 is 35.1 Å². The first-order valence-electron chi connectivity index (χ1n) is 11.5. The van der Waals surface area contributed by atoms with E-state index in [4.69, 9.17) is 11.6 Å². The molecule has 3 heterocycles. The van der Waals surface area contributed by atoms with Gasteiger partial charge in [0.15, 0.2) is 0 Å². The monoisotopic (exact) mass is 470 g/mol. The zero-order chi connectivity index (χ0) is 23.5. The highest BCUT2D eigenvalue weighted by Gasteiger charge is 2.34. The van der Waals surface area contributed by atoms with E-state index in [1.54, 1.807) is 0 Å². The lowest BCUT2D eigenvalue weighted by molar-refractivity contribution is -0.133. The normalized spacial score (nSPS) is 19.3. The fourth-order valence-corrected chi connectivity index (χ4v) is 4.64. The van der Waals surface area contributed by atoms with Gasteiger partial charge in [0.2, 0.25) is 11.8 Å². The van der Waals surface area contributed by atoms with E-state index in [0.29, 0.717) is 49.9 Å². The lowest BCUT2D eigenvalue weighted by atomic mass is 9.96. The Kier molecular flexibility index (Phi) is 7.14. The molecule has 2 aliphatic rings. The molecule has 0 bridgehead atoms. The van der Waals surface area contributed by atoms with E-state index in [-0.39, 0.29) is 29.8 Å². The molecule has 0 saturated carbocycles. The molecule has 1 aromatic heterocycles. The first kappa shape index (κ1) is 23.4. The molecule has 1 fully saturated rings. The van der Waals surface area contributed by atoms with Gasteiger partial charge in [-0.2, -0.15) is 0 Å². The van der Waals surface area contributed by atoms with Crippen molar-refractivity contribution in [3.8, 4) is 0 Å². The number of halogens is 1. The number of hydrogen-bond acceptors (Lipinski definition) is 6. The number of anilines is 2. The standard InChI is InChI=1S/C24H31ClN6O2/c1-15(2)26-12-20(17-4-6-18(25)7-5-17)24(33)30-10-11-31(16(3)13-30)23-19-8-9-21(32)29-22(19)27-14-28-23/h4-7,14-16,20,26H,8-13H2,1-3H3,(H,27,28,29,32)/t16-,20?/m0/s1. The van der Waals surface area contributed by atoms with Crippen LogP contribution in [0.25, 0.3) is 0 Å². The number of aromatic nitrogens is 2. The molecular formula is C24H31ClN6O2. The van der Waals surface area contributed by atoms with E-state index < -0.39 is 0 Å². The van der Waals surface area contributed by atoms with Gasteiger partial charge in [0.1, 0.15) is 18.0 Å². The maximum Gasteiger partial charge on any atom is 0.231 e. The second-order valence-electron chi connectivity index (χ2n) is 9.07. The summed E-state index contributed by atoms with van der Waals surface area (Å²) in [6.45, 7) is 8.74. The first-order valence-corrected chi connectivity index (χ1v) is 11.9. The van der Waals surface area contributed by atoms with Crippen LogP contribution in [0.5, 0.6) is 0 Å². The molecule has 8 nitrogen and oxygen atoms in total. The Morgan fingerprint density at radius 2 is 1.97 bits per heavy atom. The maximum absolute atomic E-state index is 13.6. The summed E-state index contributed by atoms with van der Waals surface area (Å²) in [5.74, 6) is 1.29. The Hall–Kier alpha value is -2.71. The Labute approximate surface area is 199 Å². The number of piperazine rings is 1. The minimum Gasteiger partial charge on any atom is -0.350 e. The summed E-state index contributed by atoms with van der Waals surface area (Å²) < 4.78 is 0. The van der Waals surface area contributed by atoms with Gasteiger partial charge in [-0.15, -0.1) is 0 Å². The Balaban J connectivity index is 1.50. The number of hydrogen-bond donors (Lipinski definition) is 2. The van der Waals surface area contributed by atoms with E-state index in [1.807, 2.05) is 29.2 Å². The van der Waals surface area contributed by atoms with Crippen LogP contribution in [0.2, 0.25) is 5.02 Å². The predicted molar refractivity (Wildman–Crippen MR) is 130 cm³/mol. The van der Waals surface area contributed by atoms with Crippen molar-refractivity contribution in [1.29, 1.82) is 0 Å². The van der Waals surface area contributed by atoms with Crippen LogP contribution in [-0.2, 0) is 16.0 Å². The van der Waals surface area contributed by atoms with Crippen LogP contribution in [0.1, 0.15) is 44.2 Å². The highest BCUT2D eigenvalue weighted by atomic mass is 35.5. The molecule has 1 aromatic carbocycles. The van der Waals surface area contributed by atoms with Crippen molar-refractivity contribution in [2.75, 3.05) is 36.4 Å². The maximum atomic E-state index is 13.6. The minimum absolute atomic E-state index is 0.0149. The van der Waals surface area contributed by atoms with Gasteiger partial charge in [0, 0.05) is 55.3 Å². The van der Waals surface area contributed by atoms with E-state index in [1.165, 1.54) is 6.33 Å². The number of fused-ring (bicyclic) bond motifs is 1. The van der Waals surface area contributed by atoms with Crippen LogP contribution in [0.3, 0.4) is 0 Å². The molecular weight excluding hydrogens is 440 g/mol. The summed E-state index contributed by atoms with van der Waals surface area (Å²) in [5.41, 5.74) is 1.94. The average Bonchev–Trinajstić information content (AvgIpc) is 2.79. The molecule has 2 aromatic rings. The van der Waals surface area contributed by atoms with Crippen molar-refractivity contribution in [2.24, 2.45) is 0 Å². The molecule has 176 valence electrons. The van der Waals surface area contributed by atoms with Crippen molar-refractivity contribution in [3.63, 3.8) is 0 Å². The highest BCUT2D eigenvalue weighted by molar-refractivity contribution is 6.30. The SMILES string of the molecule is CC(C)NCC(C(=O)N1CCN(c2ncnc3c2CCC(=O)N3)[C@@H](C)C1)c1ccc(Cl)cc1. The number of nitrogens with zero attached hydrogens (tertiary/aromatic N) is 4. The molecule has 2 atom stereocenters. The van der Waals surface area contributed by atoms with Gasteiger partial charge >= 0.3 is 0 Å². The van der Waals surface area contributed by atoms with E-state index in [0.717, 1.165) is 16.9 Å². The van der Waals surface area contributed by atoms with Crippen LogP contribution in [0, 0.1) is 0 Å². The zero-order valence-electron chi connectivity index (χ0n) is 19.3. The van der Waals surface area contributed by atoms with Gasteiger partial charge in [0.25, 0.3) is 0 Å². The molecule has 2 N–H and O–H groups in total. The predicted octanol–water partition coefficient (Wildman–Crippen LogP) is 2.83. The number of carbonyl (C=O) groups excluding carboxylic acids is 2. The van der Waals surface area contributed by atoms with Crippen molar-refractivity contribution in [2.45, 2.75) is 51.6 Å². The topological polar surface area (TPSA) is 90.5 Å². The molecule has 2 amide bonds. The first-order chi connectivity index (χ1) is 15.8. The number of amides is 2. The third-order valence-electron chi connectivity index (χ3n) is 6.29. The van der Waals surface area contributed by atoms with Gasteiger partial charge < -0.3 is 20.4 Å². The quantitative estimate of drug-likeness (QED) is 0.674. The van der Waals surface area contributed by atoms with Crippen LogP contribution < -0.4 is 15.5 Å². The van der Waals surface area contributed by atoms with Gasteiger partial charge in [0.05, 0.1) is 5.92 Å². The average molecular weight is 471 g/mol. The minimum atomic E-state index is -0.273. The lowest BCUT2D eigenvalue weighted by Crippen LogP contribution is -2.55. The highest BCUT2D eigenvalue weighted by Crippen LogP contribution is 2.31. The van der Waals surface area contributed by atoms with Crippen molar-refractivity contribution in [1.82, 2.24) is 20.2 Å². The van der Waals surface area contributed by atoms with Crippen molar-refractivity contribution in [3.05, 3.63) is 46.7 Å². The molecule has 4 rings (SSSR count). The summed E-state index contributed by atoms with van der Waals surface area (Å²) in [7, 11) is 0. The van der Waals surface area contributed by atoms with Gasteiger partial charge in [-0.25, -0.2) is 9.97 Å². The zero-order valence-corrected chi connectivity index (χ0v) is 20.1. The van der Waals surface area contributed by atoms with E-state index in [9.17, 15) is 9.59 Å². The molecule has 1 saturated heterocycles. The lowest BCUT2D eigenvalue weighted by Gasteiger charge is -2.42. The largest absolute Gasteiger partial charge is 0.350 e. The smallest absolute Gasteiger partial charge is 0.231 e. The molecule has 0 radical (unpaired) electrons. The van der Waals surface area contributed by atoms with E-state index in [2.05, 4.69) is 46.3 Å². The summed E-state index contributed by atoms with van der Waals surface area (Å²) >= 11 is 6.07. The Morgan fingerprint density at radius 3 is 2.67 bits per heavy atom. The molecule has 33 heavy (non-hydrogen) atoms. The number of benzene rings is 1. The second kappa shape index (κ2) is 10.1. The van der Waals surface area contributed by atoms with Gasteiger partial charge in [-0.05, 0) is 31.0 Å². The second-order valence-corrected chi connectivity index (χ2v) is 9.50. The molecule has 2 aliphatic heterocycles. The summed E-state index contributed by atoms with van der Waals surface area (Å²) in [6.07, 6.45) is 2.56. The van der Waals surface area contributed by atoms with E-state index >= 15 is 0 Å². The van der Waals surface area contributed by atoms with Gasteiger partial charge in [-0.3, -0.25) is 9.59 Å². The Morgan fingerprint density at radius 1 is 1.21 bits per heavy atom. The third-order valence-corrected chi connectivity index (χ3v) is 6.55.